The Labute approximate surface area is 250 Å². The van der Waals surface area contributed by atoms with Gasteiger partial charge >= 0.3 is 11.7 Å². The minimum atomic E-state index is -1.22. The first-order valence-corrected chi connectivity index (χ1v) is 13.9. The van der Waals surface area contributed by atoms with Crippen LogP contribution in [0.25, 0.3) is 0 Å². The lowest BCUT2D eigenvalue weighted by atomic mass is 10.1. The van der Waals surface area contributed by atoms with Crippen LogP contribution >= 0.6 is 0 Å². The molecule has 44 heavy (non-hydrogen) atoms. The largest absolute Gasteiger partial charge is 0.478 e. The molecule has 3 amide bonds. The molecule has 3 N–H and O–H groups in total. The highest BCUT2D eigenvalue weighted by Gasteiger charge is 2.38. The summed E-state index contributed by atoms with van der Waals surface area (Å²) in [5.74, 6) is -2.08. The molecular weight excluding hydrogens is 574 g/mol. The zero-order valence-electron chi connectivity index (χ0n) is 24.1. The van der Waals surface area contributed by atoms with Gasteiger partial charge in [0.05, 0.1) is 24.3 Å². The van der Waals surface area contributed by atoms with Gasteiger partial charge in [0.25, 0.3) is 17.4 Å². The van der Waals surface area contributed by atoms with E-state index in [0.717, 1.165) is 15.2 Å². The van der Waals surface area contributed by atoms with Gasteiger partial charge in [0.1, 0.15) is 17.2 Å². The second kappa shape index (κ2) is 12.6. The molecule has 14 heteroatoms. The van der Waals surface area contributed by atoms with Gasteiger partial charge in [-0.3, -0.25) is 28.3 Å². The molecule has 2 atom stereocenters. The molecule has 1 saturated heterocycles. The Morgan fingerprint density at radius 2 is 1.75 bits per heavy atom. The third-order valence-electron chi connectivity index (χ3n) is 7.52. The third kappa shape index (κ3) is 6.54. The number of carboxylic acid groups (broad SMARTS) is 1. The number of amides is 3. The highest BCUT2D eigenvalue weighted by molar-refractivity contribution is 5.98. The summed E-state index contributed by atoms with van der Waals surface area (Å²) < 4.78 is 14.1. The zero-order chi connectivity index (χ0) is 31.5. The Bertz CT molecular complexity index is 1760. The van der Waals surface area contributed by atoms with Crippen molar-refractivity contribution in [3.63, 3.8) is 0 Å². The summed E-state index contributed by atoms with van der Waals surface area (Å²) in [4.78, 5) is 76.9. The van der Waals surface area contributed by atoms with Crippen molar-refractivity contribution in [2.45, 2.75) is 31.6 Å². The van der Waals surface area contributed by atoms with E-state index in [-0.39, 0.29) is 61.1 Å². The van der Waals surface area contributed by atoms with Crippen LogP contribution in [0, 0.1) is 0 Å². The van der Waals surface area contributed by atoms with Crippen molar-refractivity contribution < 1.29 is 33.8 Å². The lowest BCUT2D eigenvalue weighted by molar-refractivity contribution is -0.122. The molecular formula is C30H31N5O9. The zero-order valence-corrected chi connectivity index (χ0v) is 24.1. The first-order valence-electron chi connectivity index (χ1n) is 13.9. The fourth-order valence-electron chi connectivity index (χ4n) is 5.13. The van der Waals surface area contributed by atoms with Crippen LogP contribution in [0.3, 0.4) is 0 Å². The number of rotatable bonds is 2. The number of nitrogens with zero attached hydrogens (tertiary/aromatic N) is 3. The highest BCUT2D eigenvalue weighted by atomic mass is 16.5. The second-order valence-corrected chi connectivity index (χ2v) is 10.7. The van der Waals surface area contributed by atoms with Crippen LogP contribution in [0.2, 0.25) is 0 Å². The van der Waals surface area contributed by atoms with E-state index in [9.17, 15) is 33.9 Å². The molecule has 4 bridgehead atoms. The molecule has 0 aliphatic carbocycles. The maximum absolute atomic E-state index is 13.4. The Morgan fingerprint density at radius 1 is 0.955 bits per heavy atom. The van der Waals surface area contributed by atoms with Gasteiger partial charge in [-0.2, -0.15) is 0 Å². The summed E-state index contributed by atoms with van der Waals surface area (Å²) in [6.45, 7) is 0.403. The van der Waals surface area contributed by atoms with Crippen molar-refractivity contribution in [2.75, 3.05) is 19.6 Å². The van der Waals surface area contributed by atoms with E-state index in [0.29, 0.717) is 17.7 Å². The summed E-state index contributed by atoms with van der Waals surface area (Å²) in [5, 5.41) is 15.1. The molecule has 0 spiro atoms. The number of ether oxygens (including phenoxy) is 2. The van der Waals surface area contributed by atoms with Gasteiger partial charge in [0.15, 0.2) is 0 Å². The SMILES string of the molecule is Cn1c(C(=O)N2C[C@@H]3NC(=O)CCCNC(=O)c4cc(cc(C(=O)O)c4)Oc4cccc(c4)CO[C@H]3C2)cc(=O)n(C)c1=O. The van der Waals surface area contributed by atoms with Crippen LogP contribution < -0.4 is 26.6 Å². The van der Waals surface area contributed by atoms with Gasteiger partial charge in [-0.1, -0.05) is 12.1 Å². The Hall–Kier alpha value is -5.24. The number of carboxylic acids is 1. The molecule has 0 saturated carbocycles. The number of fused-ring (bicyclic) bond motifs is 5. The minimum absolute atomic E-state index is 0.0618. The van der Waals surface area contributed by atoms with Gasteiger partial charge in [-0.25, -0.2) is 9.59 Å². The van der Waals surface area contributed by atoms with Crippen molar-refractivity contribution >= 4 is 23.7 Å². The standard InChI is InChI=1S/C30H31N5O9/c1-33-23(13-26(37)34(2)30(33)42)28(39)35-14-22-24(15-35)43-16-17-5-3-6-20(9-17)44-21-11-18(10-19(12-21)29(40)41)27(38)31-8-4-7-25(36)32-22/h3,5-6,9-13,22,24H,4,7-8,14-16H2,1-2H3,(H,31,38)(H,32,36)(H,40,41)/t22-,24-/m0/s1. The maximum Gasteiger partial charge on any atom is 0.335 e. The van der Waals surface area contributed by atoms with Crippen LogP contribution in [0.4, 0.5) is 0 Å². The smallest absolute Gasteiger partial charge is 0.335 e. The monoisotopic (exact) mass is 605 g/mol. The van der Waals surface area contributed by atoms with Crippen LogP contribution in [-0.2, 0) is 30.2 Å². The fourth-order valence-corrected chi connectivity index (χ4v) is 5.13. The number of carbonyl (C=O) groups is 4. The third-order valence-corrected chi connectivity index (χ3v) is 7.52. The number of benzene rings is 2. The topological polar surface area (TPSA) is 178 Å². The number of aromatic carboxylic acids is 1. The van der Waals surface area contributed by atoms with Crippen molar-refractivity contribution in [1.82, 2.24) is 24.7 Å². The van der Waals surface area contributed by atoms with E-state index < -0.39 is 41.2 Å². The van der Waals surface area contributed by atoms with Crippen LogP contribution in [-0.4, -0.2) is 74.6 Å². The second-order valence-electron chi connectivity index (χ2n) is 10.7. The van der Waals surface area contributed by atoms with E-state index >= 15 is 0 Å². The fraction of sp³-hybridized carbons (Fsp3) is 0.333. The summed E-state index contributed by atoms with van der Waals surface area (Å²) in [6, 6.07) is 11.4. The lowest BCUT2D eigenvalue weighted by Crippen LogP contribution is -2.44. The minimum Gasteiger partial charge on any atom is -0.478 e. The maximum atomic E-state index is 13.4. The van der Waals surface area contributed by atoms with Crippen molar-refractivity contribution in [3.8, 4) is 11.5 Å². The summed E-state index contributed by atoms with van der Waals surface area (Å²) in [7, 11) is 2.73. The van der Waals surface area contributed by atoms with E-state index in [2.05, 4.69) is 10.6 Å². The lowest BCUT2D eigenvalue weighted by Gasteiger charge is -2.20. The number of aromatic nitrogens is 2. The normalized spacial score (nSPS) is 19.1. The van der Waals surface area contributed by atoms with Crippen molar-refractivity contribution in [1.29, 1.82) is 0 Å². The quantitative estimate of drug-likeness (QED) is 0.378. The Morgan fingerprint density at radius 3 is 2.52 bits per heavy atom. The first kappa shape index (κ1) is 30.2. The molecule has 0 radical (unpaired) electrons. The van der Waals surface area contributed by atoms with Crippen LogP contribution in [0.5, 0.6) is 11.5 Å². The molecule has 230 valence electrons. The number of likely N-dealkylation sites (tertiary alicyclic amines) is 1. The molecule has 1 aromatic heterocycles. The number of nitrogens with one attached hydrogen (secondary N) is 2. The van der Waals surface area contributed by atoms with E-state index in [1.807, 2.05) is 0 Å². The molecule has 5 rings (SSSR count). The predicted octanol–water partition coefficient (Wildman–Crippen LogP) is 0.624. The molecule has 2 aliphatic heterocycles. The highest BCUT2D eigenvalue weighted by Crippen LogP contribution is 2.26. The summed E-state index contributed by atoms with van der Waals surface area (Å²) >= 11 is 0. The van der Waals surface area contributed by atoms with Crippen molar-refractivity contribution in [2.24, 2.45) is 14.1 Å². The van der Waals surface area contributed by atoms with Gasteiger partial charge in [0, 0.05) is 51.8 Å². The van der Waals surface area contributed by atoms with Gasteiger partial charge < -0.3 is 30.1 Å². The van der Waals surface area contributed by atoms with Gasteiger partial charge in [-0.05, 0) is 42.3 Å². The molecule has 3 heterocycles. The van der Waals surface area contributed by atoms with Crippen LogP contribution in [0.15, 0.2) is 58.1 Å². The van der Waals surface area contributed by atoms with E-state index in [1.54, 1.807) is 24.3 Å². The molecule has 1 fully saturated rings. The van der Waals surface area contributed by atoms with Gasteiger partial charge in [0.2, 0.25) is 5.91 Å². The number of carbonyl (C=O) groups excluding carboxylic acids is 3. The predicted molar refractivity (Wildman–Crippen MR) is 155 cm³/mol. The average molecular weight is 606 g/mol. The Balaban J connectivity index is 1.41. The van der Waals surface area contributed by atoms with Crippen LogP contribution in [0.1, 0.15) is 49.6 Å². The molecule has 3 aromatic rings. The molecule has 0 unspecified atom stereocenters. The Kier molecular flexibility index (Phi) is 8.62. The first-order chi connectivity index (χ1) is 21.0. The summed E-state index contributed by atoms with van der Waals surface area (Å²) in [5.41, 5.74) is -0.663. The summed E-state index contributed by atoms with van der Waals surface area (Å²) in [6.07, 6.45) is -0.267. The van der Waals surface area contributed by atoms with Crippen molar-refractivity contribution in [3.05, 3.63) is 91.8 Å². The van der Waals surface area contributed by atoms with E-state index in [1.165, 1.54) is 37.2 Å². The molecule has 2 aromatic carbocycles. The average Bonchev–Trinajstić information content (AvgIpc) is 3.40. The number of hydrogen-bond donors (Lipinski definition) is 3. The molecule has 14 nitrogen and oxygen atoms in total. The van der Waals surface area contributed by atoms with Gasteiger partial charge in [-0.15, -0.1) is 0 Å². The van der Waals surface area contributed by atoms with E-state index in [4.69, 9.17) is 9.47 Å². The molecule has 2 aliphatic rings. The number of hydrogen-bond acceptors (Lipinski definition) is 8.